The summed E-state index contributed by atoms with van der Waals surface area (Å²) in [6.07, 6.45) is -0.678. The van der Waals surface area contributed by atoms with Gasteiger partial charge in [-0.05, 0) is 36.8 Å². The highest BCUT2D eigenvalue weighted by Gasteiger charge is 2.23. The van der Waals surface area contributed by atoms with Gasteiger partial charge in [-0.2, -0.15) is 0 Å². The summed E-state index contributed by atoms with van der Waals surface area (Å²) < 4.78 is 10.9. The molecule has 0 saturated heterocycles. The number of hydrogen-bond acceptors (Lipinski definition) is 6. The minimum absolute atomic E-state index is 0.284. The second kappa shape index (κ2) is 11.6. The van der Waals surface area contributed by atoms with Gasteiger partial charge < -0.3 is 14.8 Å². The van der Waals surface area contributed by atoms with Crippen LogP contribution in [0.3, 0.4) is 0 Å². The fourth-order valence-electron chi connectivity index (χ4n) is 4.26. The maximum absolute atomic E-state index is 13.1. The van der Waals surface area contributed by atoms with Gasteiger partial charge in [0, 0.05) is 11.1 Å². The number of aromatic nitrogens is 2. The summed E-state index contributed by atoms with van der Waals surface area (Å²) in [4.78, 5) is 35.8. The first-order valence-electron chi connectivity index (χ1n) is 12.6. The molecule has 5 aromatic rings. The average molecular weight is 518 g/mol. The van der Waals surface area contributed by atoms with Crippen LogP contribution >= 0.6 is 0 Å². The molecule has 0 saturated carbocycles. The summed E-state index contributed by atoms with van der Waals surface area (Å²) >= 11 is 0. The van der Waals surface area contributed by atoms with Gasteiger partial charge in [-0.1, -0.05) is 79.7 Å². The third-order valence-electron chi connectivity index (χ3n) is 6.27. The number of amides is 1. The maximum atomic E-state index is 13.1. The lowest BCUT2D eigenvalue weighted by Crippen LogP contribution is -2.32. The van der Waals surface area contributed by atoms with E-state index in [2.05, 4.69) is 5.32 Å². The smallest absolute Gasteiger partial charge is 0.338 e. The molecule has 194 valence electrons. The minimum atomic E-state index is -0.982. The zero-order chi connectivity index (χ0) is 27.2. The standard InChI is InChI=1S/C32H27N3O4/c1-3-27(31(36)35-25-16-10-11-17-28(25)38-2)39-32(37)23-18-19-24-26(20-23)34-30(22-14-8-5-9-15-22)29(33-24)21-12-6-4-7-13-21/h4-20,27H,3H2,1-2H3,(H,35,36). The highest BCUT2D eigenvalue weighted by Crippen LogP contribution is 2.31. The second-order valence-electron chi connectivity index (χ2n) is 8.85. The lowest BCUT2D eigenvalue weighted by molar-refractivity contribution is -0.124. The van der Waals surface area contributed by atoms with Crippen LogP contribution in [-0.4, -0.2) is 35.1 Å². The largest absolute Gasteiger partial charge is 0.495 e. The Kier molecular flexibility index (Phi) is 7.59. The lowest BCUT2D eigenvalue weighted by atomic mass is 10.0. The normalized spacial score (nSPS) is 11.5. The number of benzene rings is 4. The molecule has 1 atom stereocenters. The number of fused-ring (bicyclic) bond motifs is 1. The van der Waals surface area contributed by atoms with E-state index in [-0.39, 0.29) is 5.56 Å². The van der Waals surface area contributed by atoms with Gasteiger partial charge in [-0.25, -0.2) is 14.8 Å². The molecule has 1 N–H and O–H groups in total. The summed E-state index contributed by atoms with van der Waals surface area (Å²) in [5.41, 5.74) is 5.31. The second-order valence-corrected chi connectivity index (χ2v) is 8.85. The van der Waals surface area contributed by atoms with Crippen molar-refractivity contribution < 1.29 is 19.1 Å². The molecule has 39 heavy (non-hydrogen) atoms. The van der Waals surface area contributed by atoms with Crippen molar-refractivity contribution in [1.82, 2.24) is 9.97 Å². The Morgan fingerprint density at radius 3 is 1.97 bits per heavy atom. The number of hydrogen-bond donors (Lipinski definition) is 1. The van der Waals surface area contributed by atoms with Crippen LogP contribution in [0, 0.1) is 0 Å². The Balaban J connectivity index is 1.44. The quantitative estimate of drug-likeness (QED) is 0.235. The van der Waals surface area contributed by atoms with Crippen LogP contribution in [0.1, 0.15) is 23.7 Å². The van der Waals surface area contributed by atoms with Crippen molar-refractivity contribution in [3.8, 4) is 28.3 Å². The summed E-state index contributed by atoms with van der Waals surface area (Å²) in [5, 5.41) is 2.78. The molecule has 0 fully saturated rings. The van der Waals surface area contributed by atoms with Crippen molar-refractivity contribution in [2.24, 2.45) is 0 Å². The fourth-order valence-corrected chi connectivity index (χ4v) is 4.26. The van der Waals surface area contributed by atoms with E-state index in [9.17, 15) is 9.59 Å². The van der Waals surface area contributed by atoms with E-state index in [0.29, 0.717) is 34.6 Å². The van der Waals surface area contributed by atoms with Crippen molar-refractivity contribution in [1.29, 1.82) is 0 Å². The van der Waals surface area contributed by atoms with Crippen molar-refractivity contribution in [3.63, 3.8) is 0 Å². The predicted octanol–water partition coefficient (Wildman–Crippen LogP) is 6.55. The molecule has 0 spiro atoms. The summed E-state index contributed by atoms with van der Waals surface area (Å²) in [5.74, 6) is -0.534. The zero-order valence-electron chi connectivity index (χ0n) is 21.6. The molecule has 0 aliphatic carbocycles. The highest BCUT2D eigenvalue weighted by atomic mass is 16.5. The van der Waals surface area contributed by atoms with Crippen LogP contribution < -0.4 is 10.1 Å². The van der Waals surface area contributed by atoms with Crippen molar-refractivity contribution in [3.05, 3.63) is 109 Å². The molecular formula is C32H27N3O4. The third kappa shape index (κ3) is 5.62. The van der Waals surface area contributed by atoms with E-state index >= 15 is 0 Å². The molecule has 1 aromatic heterocycles. The van der Waals surface area contributed by atoms with E-state index < -0.39 is 18.0 Å². The lowest BCUT2D eigenvalue weighted by Gasteiger charge is -2.17. The van der Waals surface area contributed by atoms with Gasteiger partial charge >= 0.3 is 5.97 Å². The zero-order valence-corrected chi connectivity index (χ0v) is 21.6. The molecule has 0 radical (unpaired) electrons. The number of nitrogens with zero attached hydrogens (tertiary/aromatic N) is 2. The van der Waals surface area contributed by atoms with Crippen LogP contribution in [0.25, 0.3) is 33.5 Å². The summed E-state index contributed by atoms with van der Waals surface area (Å²) in [6.45, 7) is 1.78. The van der Waals surface area contributed by atoms with Crippen molar-refractivity contribution in [2.75, 3.05) is 12.4 Å². The van der Waals surface area contributed by atoms with E-state index in [1.807, 2.05) is 60.7 Å². The van der Waals surface area contributed by atoms with Gasteiger partial charge in [0.15, 0.2) is 6.10 Å². The van der Waals surface area contributed by atoms with E-state index in [1.165, 1.54) is 7.11 Å². The van der Waals surface area contributed by atoms with Gasteiger partial charge in [0.2, 0.25) is 0 Å². The number of carbonyl (C=O) groups excluding carboxylic acids is 2. The topological polar surface area (TPSA) is 90.4 Å². The highest BCUT2D eigenvalue weighted by molar-refractivity contribution is 5.99. The van der Waals surface area contributed by atoms with Crippen molar-refractivity contribution >= 4 is 28.6 Å². The van der Waals surface area contributed by atoms with E-state index in [1.54, 1.807) is 49.4 Å². The van der Waals surface area contributed by atoms with Crippen molar-refractivity contribution in [2.45, 2.75) is 19.4 Å². The molecule has 0 aliphatic heterocycles. The molecule has 5 rings (SSSR count). The van der Waals surface area contributed by atoms with Gasteiger partial charge in [0.1, 0.15) is 5.75 Å². The van der Waals surface area contributed by atoms with Crippen LogP contribution in [0.15, 0.2) is 103 Å². The van der Waals surface area contributed by atoms with Gasteiger partial charge in [0.05, 0.1) is 40.8 Å². The molecule has 7 heteroatoms. The van der Waals surface area contributed by atoms with Gasteiger partial charge in [-0.15, -0.1) is 0 Å². The first-order chi connectivity index (χ1) is 19.1. The Bertz CT molecular complexity index is 1620. The average Bonchev–Trinajstić information content (AvgIpc) is 2.99. The number of nitrogens with one attached hydrogen (secondary N) is 1. The number of carbonyl (C=O) groups is 2. The molecule has 1 heterocycles. The van der Waals surface area contributed by atoms with Crippen LogP contribution in [0.4, 0.5) is 5.69 Å². The Morgan fingerprint density at radius 1 is 0.769 bits per heavy atom. The van der Waals surface area contributed by atoms with E-state index in [4.69, 9.17) is 19.4 Å². The number of rotatable bonds is 8. The Labute approximate surface area is 226 Å². The van der Waals surface area contributed by atoms with Crippen LogP contribution in [0.2, 0.25) is 0 Å². The van der Waals surface area contributed by atoms with Gasteiger partial charge in [-0.3, -0.25) is 4.79 Å². The van der Waals surface area contributed by atoms with E-state index in [0.717, 1.165) is 16.8 Å². The Morgan fingerprint density at radius 2 is 1.36 bits per heavy atom. The minimum Gasteiger partial charge on any atom is -0.495 e. The monoisotopic (exact) mass is 517 g/mol. The number of para-hydroxylation sites is 2. The fraction of sp³-hybridized carbons (Fsp3) is 0.125. The molecule has 0 aliphatic rings. The van der Waals surface area contributed by atoms with Crippen LogP contribution in [-0.2, 0) is 9.53 Å². The molecule has 4 aromatic carbocycles. The third-order valence-corrected chi connectivity index (χ3v) is 6.27. The first-order valence-corrected chi connectivity index (χ1v) is 12.6. The number of methoxy groups -OCH3 is 1. The van der Waals surface area contributed by atoms with Gasteiger partial charge in [0.25, 0.3) is 5.91 Å². The molecule has 1 unspecified atom stereocenters. The number of anilines is 1. The number of esters is 1. The molecule has 7 nitrogen and oxygen atoms in total. The maximum Gasteiger partial charge on any atom is 0.338 e. The predicted molar refractivity (Wildman–Crippen MR) is 152 cm³/mol. The first kappa shape index (κ1) is 25.6. The summed E-state index contributed by atoms with van der Waals surface area (Å²) in [7, 11) is 1.52. The molecule has 1 amide bonds. The summed E-state index contributed by atoms with van der Waals surface area (Å²) in [6, 6.07) is 31.8. The SMILES string of the molecule is CCC(OC(=O)c1ccc2nc(-c3ccccc3)c(-c3ccccc3)nc2c1)C(=O)Nc1ccccc1OC. The molecule has 0 bridgehead atoms. The van der Waals surface area contributed by atoms with Crippen LogP contribution in [0.5, 0.6) is 5.75 Å². The number of ether oxygens (including phenoxy) is 2. The Hall–Kier alpha value is -5.04. The molecular weight excluding hydrogens is 490 g/mol.